The van der Waals surface area contributed by atoms with Crippen LogP contribution in [0.5, 0.6) is 0 Å². The van der Waals surface area contributed by atoms with E-state index in [9.17, 15) is 24.3 Å². The minimum atomic E-state index is -2.22. The molecule has 0 unspecified atom stereocenters. The molecule has 1 saturated carbocycles. The molecule has 6 nitrogen and oxygen atoms in total. The van der Waals surface area contributed by atoms with Gasteiger partial charge in [0.15, 0.2) is 17.9 Å². The van der Waals surface area contributed by atoms with Crippen molar-refractivity contribution in [2.24, 2.45) is 0 Å². The van der Waals surface area contributed by atoms with Crippen molar-refractivity contribution in [3.63, 3.8) is 0 Å². The van der Waals surface area contributed by atoms with Crippen molar-refractivity contribution in [2.75, 3.05) is 6.54 Å². The third-order valence-corrected chi connectivity index (χ3v) is 5.83. The first-order chi connectivity index (χ1) is 14.1. The molecule has 0 aliphatic heterocycles. The fraction of sp³-hybridized carbons (Fsp3) is 0.826. The summed E-state index contributed by atoms with van der Waals surface area (Å²) in [6.07, 6.45) is 16.4. The first-order valence-electron chi connectivity index (χ1n) is 11.5. The molecule has 0 aromatic heterocycles. The number of carbonyl (C=O) groups is 3. The van der Waals surface area contributed by atoms with E-state index in [1.165, 1.54) is 38.5 Å². The Kier molecular flexibility index (Phi) is 13.4. The van der Waals surface area contributed by atoms with Gasteiger partial charge in [-0.15, -0.1) is 0 Å². The van der Waals surface area contributed by atoms with Gasteiger partial charge < -0.3 is 5.11 Å². The van der Waals surface area contributed by atoms with Crippen LogP contribution in [0.4, 0.5) is 0 Å². The summed E-state index contributed by atoms with van der Waals surface area (Å²) >= 11 is 0. The van der Waals surface area contributed by atoms with Gasteiger partial charge in [-0.25, -0.2) is 4.79 Å². The Morgan fingerprint density at radius 3 is 1.41 bits per heavy atom. The second kappa shape index (κ2) is 15.3. The maximum atomic E-state index is 12.9. The topological polar surface area (TPSA) is 101 Å². The van der Waals surface area contributed by atoms with Crippen molar-refractivity contribution in [3.05, 3.63) is 0 Å². The Morgan fingerprint density at radius 2 is 1.10 bits per heavy atom. The summed E-state index contributed by atoms with van der Waals surface area (Å²) < 4.78 is 0. The van der Waals surface area contributed by atoms with Crippen LogP contribution in [0.25, 0.3) is 0 Å². The number of hydrogen-bond acceptors (Lipinski definition) is 5. The number of carboxylic acids is 1. The van der Waals surface area contributed by atoms with Crippen LogP contribution in [0, 0.1) is 0 Å². The van der Waals surface area contributed by atoms with Gasteiger partial charge in [0.05, 0.1) is 0 Å². The SMILES string of the molecule is O=[C]CCNC1(C(=O)O)C(=O)CCCCCCCCCCCCCCCCC1=O. The van der Waals surface area contributed by atoms with Gasteiger partial charge in [0.25, 0.3) is 0 Å². The zero-order valence-electron chi connectivity index (χ0n) is 17.8. The van der Waals surface area contributed by atoms with E-state index in [0.29, 0.717) is 12.8 Å². The summed E-state index contributed by atoms with van der Waals surface area (Å²) in [5, 5.41) is 12.4. The largest absolute Gasteiger partial charge is 0.479 e. The minimum Gasteiger partial charge on any atom is -0.479 e. The summed E-state index contributed by atoms with van der Waals surface area (Å²) in [6.45, 7) is -0.0483. The fourth-order valence-corrected chi connectivity index (χ4v) is 4.04. The van der Waals surface area contributed by atoms with Crippen molar-refractivity contribution >= 4 is 23.8 Å². The second-order valence-electron chi connectivity index (χ2n) is 8.17. The highest BCUT2D eigenvalue weighted by Gasteiger charge is 2.50. The summed E-state index contributed by atoms with van der Waals surface area (Å²) in [7, 11) is 0. The van der Waals surface area contributed by atoms with Gasteiger partial charge in [-0.2, -0.15) is 0 Å². The lowest BCUT2D eigenvalue weighted by Gasteiger charge is -2.28. The Morgan fingerprint density at radius 1 is 0.759 bits per heavy atom. The number of Topliss-reactive ketones (excluding diaryl/α,β-unsaturated/α-hetero) is 2. The van der Waals surface area contributed by atoms with E-state index in [1.807, 2.05) is 0 Å². The van der Waals surface area contributed by atoms with E-state index in [-0.39, 0.29) is 25.8 Å². The van der Waals surface area contributed by atoms with E-state index in [0.717, 1.165) is 38.5 Å². The number of ketones is 2. The Balaban J connectivity index is 2.81. The number of carbonyl (C=O) groups excluding carboxylic acids is 3. The molecule has 0 heterocycles. The maximum absolute atomic E-state index is 12.9. The Bertz CT molecular complexity index is 487. The highest BCUT2D eigenvalue weighted by molar-refractivity contribution is 6.27. The molecular formula is C23H38NO5. The number of aliphatic carboxylic acids is 1. The average Bonchev–Trinajstić information content (AvgIpc) is 2.69. The summed E-state index contributed by atoms with van der Waals surface area (Å²) in [5.41, 5.74) is -2.22. The van der Waals surface area contributed by atoms with Crippen molar-refractivity contribution in [1.29, 1.82) is 0 Å². The molecule has 0 aromatic carbocycles. The second-order valence-corrected chi connectivity index (χ2v) is 8.17. The van der Waals surface area contributed by atoms with Crippen LogP contribution >= 0.6 is 0 Å². The summed E-state index contributed by atoms with van der Waals surface area (Å²) in [4.78, 5) is 48.3. The molecule has 6 heteroatoms. The monoisotopic (exact) mass is 408 g/mol. The molecule has 0 bridgehead atoms. The highest BCUT2D eigenvalue weighted by atomic mass is 16.4. The van der Waals surface area contributed by atoms with Gasteiger partial charge in [0.2, 0.25) is 5.54 Å². The molecule has 0 spiro atoms. The van der Waals surface area contributed by atoms with Gasteiger partial charge in [-0.1, -0.05) is 77.0 Å². The van der Waals surface area contributed by atoms with Crippen LogP contribution in [0.2, 0.25) is 0 Å². The zero-order valence-corrected chi connectivity index (χ0v) is 17.8. The molecular weight excluding hydrogens is 370 g/mol. The molecule has 0 atom stereocenters. The third-order valence-electron chi connectivity index (χ3n) is 5.83. The molecule has 0 aromatic rings. The van der Waals surface area contributed by atoms with Crippen LogP contribution in [-0.2, 0) is 19.2 Å². The molecule has 165 valence electrons. The highest BCUT2D eigenvalue weighted by Crippen LogP contribution is 2.20. The van der Waals surface area contributed by atoms with Gasteiger partial charge >= 0.3 is 5.97 Å². The minimum absolute atomic E-state index is 0.0483. The third kappa shape index (κ3) is 9.20. The van der Waals surface area contributed by atoms with Gasteiger partial charge in [0, 0.05) is 25.8 Å². The molecule has 1 aliphatic carbocycles. The first-order valence-corrected chi connectivity index (χ1v) is 11.5. The van der Waals surface area contributed by atoms with Crippen molar-refractivity contribution in [2.45, 2.75) is 115 Å². The lowest BCUT2D eigenvalue weighted by atomic mass is 9.83. The number of nitrogens with one attached hydrogen (secondary N) is 1. The average molecular weight is 409 g/mol. The zero-order chi connectivity index (χ0) is 21.4. The van der Waals surface area contributed by atoms with Crippen molar-refractivity contribution < 1.29 is 24.3 Å². The fourth-order valence-electron chi connectivity index (χ4n) is 4.04. The van der Waals surface area contributed by atoms with Gasteiger partial charge in [0.1, 0.15) is 0 Å². The molecule has 1 rings (SSSR count). The van der Waals surface area contributed by atoms with E-state index >= 15 is 0 Å². The van der Waals surface area contributed by atoms with E-state index in [2.05, 4.69) is 5.32 Å². The van der Waals surface area contributed by atoms with Crippen LogP contribution in [0.15, 0.2) is 0 Å². The van der Waals surface area contributed by atoms with Gasteiger partial charge in [-0.05, 0) is 12.8 Å². The van der Waals surface area contributed by atoms with Crippen molar-refractivity contribution in [3.8, 4) is 0 Å². The predicted molar refractivity (Wildman–Crippen MR) is 113 cm³/mol. The molecule has 0 saturated heterocycles. The van der Waals surface area contributed by atoms with Crippen molar-refractivity contribution in [1.82, 2.24) is 5.32 Å². The summed E-state index contributed by atoms with van der Waals surface area (Å²) in [5.74, 6) is -2.62. The number of carboxylic acid groups (broad SMARTS) is 1. The van der Waals surface area contributed by atoms with Crippen LogP contribution in [0.1, 0.15) is 109 Å². The van der Waals surface area contributed by atoms with E-state index in [1.54, 1.807) is 6.29 Å². The Hall–Kier alpha value is -1.56. The molecule has 2 N–H and O–H groups in total. The standard InChI is InChI=1S/C23H38NO5/c25-19-15-18-24-23(22(28)29)20(26)16-13-11-9-7-5-3-1-2-4-6-8-10-12-14-17-21(23)27/h24H,1-18H2,(H,28,29). The summed E-state index contributed by atoms with van der Waals surface area (Å²) in [6, 6.07) is 0. The maximum Gasteiger partial charge on any atom is 0.339 e. The normalized spacial score (nSPS) is 21.5. The smallest absolute Gasteiger partial charge is 0.339 e. The van der Waals surface area contributed by atoms with E-state index < -0.39 is 23.1 Å². The number of rotatable bonds is 5. The van der Waals surface area contributed by atoms with E-state index in [4.69, 9.17) is 0 Å². The molecule has 0 amide bonds. The lowest BCUT2D eigenvalue weighted by Crippen LogP contribution is -2.64. The quantitative estimate of drug-likeness (QED) is 0.520. The molecule has 1 radical (unpaired) electrons. The molecule has 1 fully saturated rings. The Labute approximate surface area is 175 Å². The number of hydrogen-bond donors (Lipinski definition) is 2. The first kappa shape index (κ1) is 25.5. The molecule has 1 aliphatic rings. The predicted octanol–water partition coefficient (Wildman–Crippen LogP) is 4.29. The lowest BCUT2D eigenvalue weighted by molar-refractivity contribution is -0.155. The van der Waals surface area contributed by atoms with Crippen LogP contribution < -0.4 is 5.32 Å². The molecule has 29 heavy (non-hydrogen) atoms. The van der Waals surface area contributed by atoms with Crippen LogP contribution in [-0.4, -0.2) is 41.0 Å². The van der Waals surface area contributed by atoms with Crippen LogP contribution in [0.3, 0.4) is 0 Å². The van der Waals surface area contributed by atoms with Gasteiger partial charge in [-0.3, -0.25) is 19.7 Å².